The number of carbonyl (C=O) groups is 2. The maximum Gasteiger partial charge on any atom is 0.269 e. The highest BCUT2D eigenvalue weighted by Crippen LogP contribution is 2.20. The van der Waals surface area contributed by atoms with Gasteiger partial charge < -0.3 is 10.2 Å². The first-order chi connectivity index (χ1) is 13.4. The van der Waals surface area contributed by atoms with Crippen LogP contribution in [0.2, 0.25) is 0 Å². The van der Waals surface area contributed by atoms with Gasteiger partial charge in [-0.15, -0.1) is 0 Å². The molecule has 1 aliphatic heterocycles. The number of benzene rings is 2. The quantitative estimate of drug-likeness (QED) is 0.562. The van der Waals surface area contributed by atoms with Gasteiger partial charge in [-0.2, -0.15) is 0 Å². The van der Waals surface area contributed by atoms with E-state index in [0.717, 1.165) is 10.0 Å². The van der Waals surface area contributed by atoms with Crippen LogP contribution in [-0.2, 0) is 11.3 Å². The largest absolute Gasteiger partial charge is 0.352 e. The molecule has 0 radical (unpaired) electrons. The van der Waals surface area contributed by atoms with Gasteiger partial charge in [0.1, 0.15) is 0 Å². The summed E-state index contributed by atoms with van der Waals surface area (Å²) >= 11 is 3.36. The molecule has 1 aliphatic rings. The Bertz CT molecular complexity index is 860. The normalized spacial score (nSPS) is 14.5. The van der Waals surface area contributed by atoms with Crippen molar-refractivity contribution in [2.75, 3.05) is 13.1 Å². The second kappa shape index (κ2) is 8.97. The van der Waals surface area contributed by atoms with Crippen molar-refractivity contribution >= 4 is 33.4 Å². The monoisotopic (exact) mass is 445 g/mol. The first-order valence-corrected chi connectivity index (χ1v) is 9.79. The topological polar surface area (TPSA) is 92.5 Å². The minimum absolute atomic E-state index is 0.0164. The van der Waals surface area contributed by atoms with Crippen LogP contribution in [0.15, 0.2) is 53.0 Å². The Morgan fingerprint density at radius 2 is 1.68 bits per heavy atom. The zero-order valence-electron chi connectivity index (χ0n) is 15.1. The lowest BCUT2D eigenvalue weighted by molar-refractivity contribution is -0.384. The number of carbonyl (C=O) groups excluding carboxylic acids is 2. The van der Waals surface area contributed by atoms with Gasteiger partial charge >= 0.3 is 0 Å². The number of nitro benzene ring substituents is 1. The van der Waals surface area contributed by atoms with Crippen molar-refractivity contribution in [1.82, 2.24) is 10.2 Å². The second-order valence-corrected chi connectivity index (χ2v) is 7.63. The van der Waals surface area contributed by atoms with Gasteiger partial charge in [0.25, 0.3) is 11.6 Å². The van der Waals surface area contributed by atoms with Crippen LogP contribution in [0.5, 0.6) is 0 Å². The highest BCUT2D eigenvalue weighted by molar-refractivity contribution is 9.10. The Balaban J connectivity index is 1.47. The summed E-state index contributed by atoms with van der Waals surface area (Å²) in [4.78, 5) is 36.9. The number of nitro groups is 1. The van der Waals surface area contributed by atoms with E-state index in [1.807, 2.05) is 12.1 Å². The Kier molecular flexibility index (Phi) is 6.41. The molecule has 1 fully saturated rings. The van der Waals surface area contributed by atoms with Gasteiger partial charge in [-0.05, 0) is 42.7 Å². The first kappa shape index (κ1) is 20.0. The third-order valence-electron chi connectivity index (χ3n) is 4.86. The highest BCUT2D eigenvalue weighted by atomic mass is 79.9. The van der Waals surface area contributed by atoms with E-state index < -0.39 is 4.92 Å². The molecule has 0 unspecified atom stereocenters. The number of non-ortho nitro benzene ring substituents is 1. The van der Waals surface area contributed by atoms with Gasteiger partial charge in [0, 0.05) is 47.7 Å². The molecule has 7 nitrogen and oxygen atoms in total. The lowest BCUT2D eigenvalue weighted by atomic mass is 9.95. The number of halogens is 1. The lowest BCUT2D eigenvalue weighted by Gasteiger charge is -2.31. The third kappa shape index (κ3) is 4.95. The molecule has 2 aromatic carbocycles. The number of amides is 2. The summed E-state index contributed by atoms with van der Waals surface area (Å²) in [6.45, 7) is 1.42. The summed E-state index contributed by atoms with van der Waals surface area (Å²) < 4.78 is 0.924. The minimum atomic E-state index is -0.453. The van der Waals surface area contributed by atoms with Crippen molar-refractivity contribution in [3.05, 3.63) is 74.2 Å². The third-order valence-corrected chi connectivity index (χ3v) is 5.39. The van der Waals surface area contributed by atoms with Crippen molar-refractivity contribution in [3.8, 4) is 0 Å². The van der Waals surface area contributed by atoms with Crippen molar-refractivity contribution < 1.29 is 14.5 Å². The number of likely N-dealkylation sites (tertiary alicyclic amines) is 1. The summed E-state index contributed by atoms with van der Waals surface area (Å²) in [6, 6.07) is 13.4. The molecule has 0 saturated carbocycles. The average molecular weight is 446 g/mol. The zero-order valence-corrected chi connectivity index (χ0v) is 16.7. The smallest absolute Gasteiger partial charge is 0.269 e. The van der Waals surface area contributed by atoms with Crippen LogP contribution in [0.4, 0.5) is 5.69 Å². The molecule has 2 aromatic rings. The summed E-state index contributed by atoms with van der Waals surface area (Å²) in [5, 5.41) is 13.6. The Morgan fingerprint density at radius 3 is 2.25 bits per heavy atom. The molecule has 1 heterocycles. The fourth-order valence-electron chi connectivity index (χ4n) is 3.19. The molecule has 0 atom stereocenters. The van der Waals surface area contributed by atoms with Gasteiger partial charge in [0.05, 0.1) is 4.92 Å². The van der Waals surface area contributed by atoms with Crippen LogP contribution >= 0.6 is 15.9 Å². The summed E-state index contributed by atoms with van der Waals surface area (Å²) in [5.74, 6) is -0.196. The number of hydrogen-bond donors (Lipinski definition) is 1. The van der Waals surface area contributed by atoms with Crippen molar-refractivity contribution in [1.29, 1.82) is 0 Å². The number of rotatable bonds is 5. The van der Waals surface area contributed by atoms with Crippen LogP contribution in [0.3, 0.4) is 0 Å². The van der Waals surface area contributed by atoms with Crippen molar-refractivity contribution in [2.45, 2.75) is 19.4 Å². The number of hydrogen-bond acceptors (Lipinski definition) is 4. The molecule has 1 saturated heterocycles. The molecule has 0 bridgehead atoms. The predicted molar refractivity (Wildman–Crippen MR) is 108 cm³/mol. The van der Waals surface area contributed by atoms with Crippen LogP contribution < -0.4 is 5.32 Å². The molecule has 8 heteroatoms. The summed E-state index contributed by atoms with van der Waals surface area (Å²) in [5.41, 5.74) is 1.48. The first-order valence-electron chi connectivity index (χ1n) is 9.00. The maximum absolute atomic E-state index is 12.5. The van der Waals surface area contributed by atoms with E-state index in [2.05, 4.69) is 21.2 Å². The summed E-state index contributed by atoms with van der Waals surface area (Å²) in [7, 11) is 0. The summed E-state index contributed by atoms with van der Waals surface area (Å²) in [6.07, 6.45) is 1.24. The van der Waals surface area contributed by atoms with Gasteiger partial charge in [-0.1, -0.05) is 28.1 Å². The van der Waals surface area contributed by atoms with Crippen molar-refractivity contribution in [2.24, 2.45) is 5.92 Å². The molecule has 146 valence electrons. The van der Waals surface area contributed by atoms with E-state index in [1.54, 1.807) is 29.2 Å². The van der Waals surface area contributed by atoms with Gasteiger partial charge in [0.15, 0.2) is 0 Å². The van der Waals surface area contributed by atoms with E-state index >= 15 is 0 Å². The second-order valence-electron chi connectivity index (χ2n) is 6.71. The zero-order chi connectivity index (χ0) is 20.1. The molecule has 0 spiro atoms. The van der Waals surface area contributed by atoms with Gasteiger partial charge in [0.2, 0.25) is 5.91 Å². The molecule has 2 amide bonds. The van der Waals surface area contributed by atoms with Crippen LogP contribution in [0.25, 0.3) is 0 Å². The van der Waals surface area contributed by atoms with E-state index in [1.165, 1.54) is 12.1 Å². The molecular formula is C20H20BrN3O4. The molecule has 3 rings (SSSR count). The average Bonchev–Trinajstić information content (AvgIpc) is 2.72. The Morgan fingerprint density at radius 1 is 1.07 bits per heavy atom. The lowest BCUT2D eigenvalue weighted by Crippen LogP contribution is -2.42. The molecule has 1 N–H and O–H groups in total. The van der Waals surface area contributed by atoms with Gasteiger partial charge in [-0.25, -0.2) is 0 Å². The maximum atomic E-state index is 12.5. The Hall–Kier alpha value is -2.74. The number of nitrogens with one attached hydrogen (secondary N) is 1. The van der Waals surface area contributed by atoms with E-state index in [9.17, 15) is 19.7 Å². The van der Waals surface area contributed by atoms with Crippen LogP contribution in [0, 0.1) is 16.0 Å². The van der Waals surface area contributed by atoms with E-state index in [-0.39, 0.29) is 23.4 Å². The predicted octanol–water partition coefficient (Wildman–Crippen LogP) is 3.53. The Labute approximate surface area is 171 Å². The van der Waals surface area contributed by atoms with Crippen LogP contribution in [-0.4, -0.2) is 34.7 Å². The SMILES string of the molecule is O=C(NCc1ccc([N+](=O)[O-])cc1)C1CCN(C(=O)c2ccc(Br)cc2)CC1. The fourth-order valence-corrected chi connectivity index (χ4v) is 3.45. The molecular weight excluding hydrogens is 426 g/mol. The highest BCUT2D eigenvalue weighted by Gasteiger charge is 2.27. The molecule has 0 aromatic heterocycles. The van der Waals surface area contributed by atoms with E-state index in [0.29, 0.717) is 38.0 Å². The van der Waals surface area contributed by atoms with Gasteiger partial charge in [-0.3, -0.25) is 19.7 Å². The van der Waals surface area contributed by atoms with Crippen LogP contribution in [0.1, 0.15) is 28.8 Å². The number of piperidine rings is 1. The van der Waals surface area contributed by atoms with E-state index in [4.69, 9.17) is 0 Å². The number of nitrogens with zero attached hydrogens (tertiary/aromatic N) is 2. The standard InChI is InChI=1S/C20H20BrN3O4/c21-17-5-3-16(4-6-17)20(26)23-11-9-15(10-12-23)19(25)22-13-14-1-7-18(8-2-14)24(27)28/h1-8,15H,9-13H2,(H,22,25). The fraction of sp³-hybridized carbons (Fsp3) is 0.300. The molecule has 0 aliphatic carbocycles. The van der Waals surface area contributed by atoms with Crippen molar-refractivity contribution in [3.63, 3.8) is 0 Å². The molecule has 28 heavy (non-hydrogen) atoms. The minimum Gasteiger partial charge on any atom is -0.352 e.